The highest BCUT2D eigenvalue weighted by atomic mass is 32.2. The predicted molar refractivity (Wildman–Crippen MR) is 143 cm³/mol. The fourth-order valence-electron chi connectivity index (χ4n) is 4.63. The molecule has 1 aliphatic rings. The van der Waals surface area contributed by atoms with Gasteiger partial charge in [-0.1, -0.05) is 36.8 Å². The lowest BCUT2D eigenvalue weighted by atomic mass is 10.1. The number of benzene rings is 2. The molecule has 1 aliphatic carbocycles. The number of rotatable bonds is 7. The van der Waals surface area contributed by atoms with Crippen LogP contribution in [0.4, 0.5) is 4.79 Å². The zero-order valence-corrected chi connectivity index (χ0v) is 22.3. The molecule has 2 unspecified atom stereocenters. The molecule has 2 aromatic heterocycles. The van der Waals surface area contributed by atoms with Gasteiger partial charge in [0, 0.05) is 23.8 Å². The standard InChI is InChI=1S/C28H31N5O3S/c1-17-5-11-23(12-6-17)37(35,36)32-28(34)29-14-13-21-7-9-22(10-8-21)33-26(24-16-18(24)2)31-25-19(3)15-20(4)30-27(25)33/h5-12,15,18,24H,13-14,16H2,1-4H3,(H2,29,32,34). The monoisotopic (exact) mass is 517 g/mol. The number of carbonyl (C=O) groups is 1. The molecule has 8 nitrogen and oxygen atoms in total. The van der Waals surface area contributed by atoms with E-state index in [4.69, 9.17) is 9.97 Å². The first-order chi connectivity index (χ1) is 17.6. The Kier molecular flexibility index (Phi) is 6.49. The van der Waals surface area contributed by atoms with Gasteiger partial charge in [-0.05, 0) is 81.0 Å². The molecule has 0 saturated heterocycles. The number of amides is 2. The van der Waals surface area contributed by atoms with Crippen LogP contribution in [0.25, 0.3) is 16.9 Å². The van der Waals surface area contributed by atoms with Gasteiger partial charge < -0.3 is 5.32 Å². The number of pyridine rings is 1. The van der Waals surface area contributed by atoms with E-state index in [1.807, 2.05) is 38.1 Å². The van der Waals surface area contributed by atoms with E-state index in [1.54, 1.807) is 12.1 Å². The first-order valence-electron chi connectivity index (χ1n) is 12.5. The summed E-state index contributed by atoms with van der Waals surface area (Å²) < 4.78 is 29.0. The summed E-state index contributed by atoms with van der Waals surface area (Å²) in [5.41, 5.74) is 6.89. The van der Waals surface area contributed by atoms with Gasteiger partial charge in [0.15, 0.2) is 5.65 Å². The Morgan fingerprint density at radius 2 is 1.70 bits per heavy atom. The quantitative estimate of drug-likeness (QED) is 0.370. The molecule has 2 heterocycles. The van der Waals surface area contributed by atoms with E-state index in [2.05, 4.69) is 34.5 Å². The van der Waals surface area contributed by atoms with Crippen molar-refractivity contribution in [2.75, 3.05) is 6.54 Å². The van der Waals surface area contributed by atoms with E-state index in [-0.39, 0.29) is 4.90 Å². The molecule has 0 radical (unpaired) electrons. The molecule has 2 N–H and O–H groups in total. The third kappa shape index (κ3) is 5.22. The molecule has 2 amide bonds. The number of fused-ring (bicyclic) bond motifs is 1. The van der Waals surface area contributed by atoms with Gasteiger partial charge in [-0.3, -0.25) is 4.57 Å². The lowest BCUT2D eigenvalue weighted by Gasteiger charge is -2.11. The van der Waals surface area contributed by atoms with Crippen molar-refractivity contribution in [1.29, 1.82) is 0 Å². The Labute approximate surface area is 217 Å². The second kappa shape index (κ2) is 9.63. The van der Waals surface area contributed by atoms with Crippen molar-refractivity contribution >= 4 is 27.2 Å². The van der Waals surface area contributed by atoms with E-state index < -0.39 is 16.1 Å². The van der Waals surface area contributed by atoms with Gasteiger partial charge in [0.1, 0.15) is 11.3 Å². The van der Waals surface area contributed by atoms with Gasteiger partial charge in [-0.15, -0.1) is 0 Å². The predicted octanol–water partition coefficient (Wildman–Crippen LogP) is 4.70. The number of nitrogens with one attached hydrogen (secondary N) is 2. The Bertz CT molecular complexity index is 1580. The van der Waals surface area contributed by atoms with Crippen molar-refractivity contribution in [2.45, 2.75) is 51.3 Å². The van der Waals surface area contributed by atoms with Crippen LogP contribution < -0.4 is 10.0 Å². The third-order valence-electron chi connectivity index (χ3n) is 6.85. The van der Waals surface area contributed by atoms with Crippen LogP contribution in [0, 0.1) is 26.7 Å². The van der Waals surface area contributed by atoms with Gasteiger partial charge in [0.2, 0.25) is 0 Å². The van der Waals surface area contributed by atoms with Crippen LogP contribution in [-0.4, -0.2) is 35.5 Å². The average molecular weight is 518 g/mol. The number of imidazole rings is 1. The highest BCUT2D eigenvalue weighted by molar-refractivity contribution is 7.90. The minimum Gasteiger partial charge on any atom is -0.337 e. The van der Waals surface area contributed by atoms with Crippen molar-refractivity contribution in [1.82, 2.24) is 24.6 Å². The maximum atomic E-state index is 12.4. The summed E-state index contributed by atoms with van der Waals surface area (Å²) in [6.45, 7) is 8.49. The summed E-state index contributed by atoms with van der Waals surface area (Å²) in [5, 5.41) is 2.63. The first kappa shape index (κ1) is 25.0. The van der Waals surface area contributed by atoms with Crippen LogP contribution in [0.1, 0.15) is 47.5 Å². The molecule has 192 valence electrons. The number of aryl methyl sites for hydroxylation is 3. The van der Waals surface area contributed by atoms with Crippen LogP contribution in [0.2, 0.25) is 0 Å². The summed E-state index contributed by atoms with van der Waals surface area (Å²) in [7, 11) is -3.91. The number of nitrogens with zero attached hydrogens (tertiary/aromatic N) is 3. The Morgan fingerprint density at radius 3 is 2.35 bits per heavy atom. The van der Waals surface area contributed by atoms with E-state index in [9.17, 15) is 13.2 Å². The summed E-state index contributed by atoms with van der Waals surface area (Å²) >= 11 is 0. The summed E-state index contributed by atoms with van der Waals surface area (Å²) in [6.07, 6.45) is 1.69. The fourth-order valence-corrected chi connectivity index (χ4v) is 5.56. The largest absolute Gasteiger partial charge is 0.337 e. The van der Waals surface area contributed by atoms with Crippen LogP contribution in [0.5, 0.6) is 0 Å². The smallest absolute Gasteiger partial charge is 0.328 e. The molecule has 1 saturated carbocycles. The van der Waals surface area contributed by atoms with Gasteiger partial charge in [0.05, 0.1) is 4.90 Å². The maximum Gasteiger partial charge on any atom is 0.328 e. The van der Waals surface area contributed by atoms with Gasteiger partial charge in [-0.25, -0.2) is 27.9 Å². The highest BCUT2D eigenvalue weighted by Crippen LogP contribution is 2.47. The van der Waals surface area contributed by atoms with Crippen LogP contribution in [0.3, 0.4) is 0 Å². The zero-order chi connectivity index (χ0) is 26.3. The fraction of sp³-hybridized carbons (Fsp3) is 0.321. The molecule has 5 rings (SSSR count). The van der Waals surface area contributed by atoms with Crippen molar-refractivity contribution in [2.24, 2.45) is 5.92 Å². The molecule has 0 aliphatic heterocycles. The summed E-state index contributed by atoms with van der Waals surface area (Å²) in [4.78, 5) is 22.0. The molecule has 0 spiro atoms. The van der Waals surface area contributed by atoms with Crippen LogP contribution in [0.15, 0.2) is 59.5 Å². The number of urea groups is 1. The molecule has 37 heavy (non-hydrogen) atoms. The summed E-state index contributed by atoms with van der Waals surface area (Å²) in [5.74, 6) is 2.11. The van der Waals surface area contributed by atoms with Crippen LogP contribution >= 0.6 is 0 Å². The van der Waals surface area contributed by atoms with Crippen LogP contribution in [-0.2, 0) is 16.4 Å². The second-order valence-electron chi connectivity index (χ2n) is 9.97. The minimum absolute atomic E-state index is 0.0516. The average Bonchev–Trinajstić information content (AvgIpc) is 3.44. The number of sulfonamides is 1. The molecule has 9 heteroatoms. The van der Waals surface area contributed by atoms with E-state index in [0.29, 0.717) is 24.8 Å². The molecule has 2 atom stereocenters. The lowest BCUT2D eigenvalue weighted by molar-refractivity contribution is 0.246. The summed E-state index contributed by atoms with van der Waals surface area (Å²) in [6, 6.07) is 15.8. The Balaban J connectivity index is 1.26. The van der Waals surface area contributed by atoms with E-state index in [0.717, 1.165) is 51.5 Å². The number of hydrogen-bond donors (Lipinski definition) is 2. The molecule has 2 aromatic carbocycles. The molecular weight excluding hydrogens is 486 g/mol. The van der Waals surface area contributed by atoms with Crippen molar-refractivity contribution < 1.29 is 13.2 Å². The minimum atomic E-state index is -3.91. The lowest BCUT2D eigenvalue weighted by Crippen LogP contribution is -2.40. The van der Waals surface area contributed by atoms with Gasteiger partial charge in [0.25, 0.3) is 10.0 Å². The Hall–Kier alpha value is -3.72. The number of hydrogen-bond acceptors (Lipinski definition) is 5. The zero-order valence-electron chi connectivity index (χ0n) is 21.4. The second-order valence-corrected chi connectivity index (χ2v) is 11.7. The third-order valence-corrected chi connectivity index (χ3v) is 8.20. The SMILES string of the molecule is Cc1ccc(S(=O)(=O)NC(=O)NCCc2ccc(-n3c(C4CC4C)nc4c(C)cc(C)nc43)cc2)cc1. The normalized spacial score (nSPS) is 17.1. The number of aromatic nitrogens is 3. The topological polar surface area (TPSA) is 106 Å². The van der Waals surface area contributed by atoms with E-state index in [1.165, 1.54) is 12.1 Å². The molecule has 0 bridgehead atoms. The van der Waals surface area contributed by atoms with Crippen molar-refractivity contribution in [3.63, 3.8) is 0 Å². The molecule has 4 aromatic rings. The van der Waals surface area contributed by atoms with Gasteiger partial charge in [-0.2, -0.15) is 0 Å². The van der Waals surface area contributed by atoms with E-state index >= 15 is 0 Å². The first-order valence-corrected chi connectivity index (χ1v) is 13.9. The van der Waals surface area contributed by atoms with Crippen molar-refractivity contribution in [3.8, 4) is 5.69 Å². The maximum absolute atomic E-state index is 12.4. The van der Waals surface area contributed by atoms with Gasteiger partial charge >= 0.3 is 6.03 Å². The Morgan fingerprint density at radius 1 is 1.03 bits per heavy atom. The number of carbonyl (C=O) groups excluding carboxylic acids is 1. The highest BCUT2D eigenvalue weighted by Gasteiger charge is 2.39. The molecule has 1 fully saturated rings. The van der Waals surface area contributed by atoms with Crippen molar-refractivity contribution in [3.05, 3.63) is 82.8 Å². The molecular formula is C28H31N5O3S.